The Balaban J connectivity index is 1.84. The molecule has 0 aliphatic rings. The number of aromatic nitrogens is 4. The summed E-state index contributed by atoms with van der Waals surface area (Å²) in [4.78, 5) is 10.9. The highest BCUT2D eigenvalue weighted by Gasteiger charge is 2.17. The summed E-state index contributed by atoms with van der Waals surface area (Å²) in [5.74, 6) is 1.67. The highest BCUT2D eigenvalue weighted by atomic mass is 16.5. The van der Waals surface area contributed by atoms with Gasteiger partial charge in [-0.25, -0.2) is 9.97 Å². The highest BCUT2D eigenvalue weighted by molar-refractivity contribution is 5.89. The Morgan fingerprint density at radius 3 is 2.56 bits per heavy atom. The molecule has 3 rings (SSSR count). The summed E-state index contributed by atoms with van der Waals surface area (Å²) < 4.78 is 7.03. The highest BCUT2D eigenvalue weighted by Crippen LogP contribution is 2.25. The van der Waals surface area contributed by atoms with Crippen LogP contribution in [0.25, 0.3) is 11.0 Å². The Hall–Kier alpha value is -2.67. The maximum Gasteiger partial charge on any atom is 0.163 e. The molecule has 0 amide bonds. The second kappa shape index (κ2) is 7.06. The molecule has 0 spiro atoms. The number of methoxy groups -OCH3 is 1. The molecule has 1 atom stereocenters. The Morgan fingerprint density at radius 1 is 1.20 bits per heavy atom. The average Bonchev–Trinajstić information content (AvgIpc) is 2.90. The third kappa shape index (κ3) is 3.41. The van der Waals surface area contributed by atoms with Gasteiger partial charge in [0, 0.05) is 13.6 Å². The molecule has 0 aliphatic carbocycles. The molecule has 7 heteroatoms. The number of likely N-dealkylation sites (N-methyl/N-ethyl adjacent to an activating group) is 1. The van der Waals surface area contributed by atoms with Crippen LogP contribution in [0.1, 0.15) is 17.3 Å². The Labute approximate surface area is 147 Å². The van der Waals surface area contributed by atoms with E-state index in [1.54, 1.807) is 18.1 Å². The minimum absolute atomic E-state index is 0.202. The van der Waals surface area contributed by atoms with Crippen molar-refractivity contribution >= 4 is 16.9 Å². The van der Waals surface area contributed by atoms with Gasteiger partial charge in [0.05, 0.1) is 24.2 Å². The van der Waals surface area contributed by atoms with Crippen LogP contribution in [-0.2, 0) is 7.05 Å². The van der Waals surface area contributed by atoms with Crippen molar-refractivity contribution in [2.75, 3.05) is 33.1 Å². The molecule has 3 aromatic rings. The number of ether oxygens (including phenoxy) is 1. The van der Waals surface area contributed by atoms with E-state index in [9.17, 15) is 0 Å². The van der Waals surface area contributed by atoms with Gasteiger partial charge in [0.2, 0.25) is 0 Å². The van der Waals surface area contributed by atoms with Crippen LogP contribution < -0.4 is 10.1 Å². The van der Waals surface area contributed by atoms with Crippen LogP contribution in [0, 0.1) is 6.92 Å². The van der Waals surface area contributed by atoms with E-state index in [2.05, 4.69) is 51.5 Å². The van der Waals surface area contributed by atoms with Crippen molar-refractivity contribution in [3.8, 4) is 5.75 Å². The van der Waals surface area contributed by atoms with Gasteiger partial charge in [0.25, 0.3) is 0 Å². The number of nitrogens with one attached hydrogen (secondary N) is 1. The van der Waals surface area contributed by atoms with Crippen molar-refractivity contribution in [1.82, 2.24) is 24.6 Å². The zero-order chi connectivity index (χ0) is 18.0. The number of benzene rings is 1. The van der Waals surface area contributed by atoms with Crippen molar-refractivity contribution in [2.24, 2.45) is 7.05 Å². The summed E-state index contributed by atoms with van der Waals surface area (Å²) in [6.45, 7) is 2.70. The van der Waals surface area contributed by atoms with Crippen LogP contribution >= 0.6 is 0 Å². The topological polar surface area (TPSA) is 68.1 Å². The van der Waals surface area contributed by atoms with Gasteiger partial charge in [-0.3, -0.25) is 4.68 Å². The largest absolute Gasteiger partial charge is 0.497 e. The van der Waals surface area contributed by atoms with Crippen molar-refractivity contribution in [3.63, 3.8) is 0 Å². The van der Waals surface area contributed by atoms with Gasteiger partial charge in [-0.1, -0.05) is 12.1 Å². The molecule has 0 bridgehead atoms. The molecule has 2 heterocycles. The molecule has 2 aromatic heterocycles. The van der Waals surface area contributed by atoms with E-state index < -0.39 is 0 Å². The molecule has 132 valence electrons. The zero-order valence-electron chi connectivity index (χ0n) is 15.3. The third-order valence-corrected chi connectivity index (χ3v) is 4.38. The summed E-state index contributed by atoms with van der Waals surface area (Å²) in [7, 11) is 7.71. The fraction of sp³-hybridized carbons (Fsp3) is 0.389. The first-order valence-corrected chi connectivity index (χ1v) is 8.19. The molecule has 0 aliphatic heterocycles. The second-order valence-corrected chi connectivity index (χ2v) is 6.26. The van der Waals surface area contributed by atoms with E-state index in [1.807, 2.05) is 26.1 Å². The number of hydrogen-bond donors (Lipinski definition) is 1. The minimum atomic E-state index is 0.202. The lowest BCUT2D eigenvalue weighted by Gasteiger charge is -2.25. The Kier molecular flexibility index (Phi) is 4.85. The number of anilines is 1. The minimum Gasteiger partial charge on any atom is -0.497 e. The smallest absolute Gasteiger partial charge is 0.163 e. The van der Waals surface area contributed by atoms with Gasteiger partial charge in [-0.05, 0) is 38.7 Å². The van der Waals surface area contributed by atoms with Gasteiger partial charge >= 0.3 is 0 Å². The lowest BCUT2D eigenvalue weighted by Crippen LogP contribution is -2.27. The molecular formula is C18H24N6O. The van der Waals surface area contributed by atoms with Crippen molar-refractivity contribution in [3.05, 3.63) is 41.9 Å². The van der Waals surface area contributed by atoms with E-state index in [0.717, 1.165) is 34.8 Å². The maximum absolute atomic E-state index is 5.25. The first-order chi connectivity index (χ1) is 12.0. The molecule has 0 fully saturated rings. The van der Waals surface area contributed by atoms with Crippen molar-refractivity contribution < 1.29 is 4.74 Å². The molecule has 1 aromatic carbocycles. The third-order valence-electron chi connectivity index (χ3n) is 4.38. The molecule has 1 unspecified atom stereocenters. The van der Waals surface area contributed by atoms with Gasteiger partial charge < -0.3 is 15.0 Å². The fourth-order valence-electron chi connectivity index (χ4n) is 3.03. The van der Waals surface area contributed by atoms with E-state index in [4.69, 9.17) is 4.74 Å². The summed E-state index contributed by atoms with van der Waals surface area (Å²) >= 11 is 0. The Morgan fingerprint density at radius 2 is 1.92 bits per heavy atom. The normalized spacial score (nSPS) is 12.6. The molecule has 7 nitrogen and oxygen atoms in total. The average molecular weight is 340 g/mol. The van der Waals surface area contributed by atoms with Crippen LogP contribution in [0.2, 0.25) is 0 Å². The van der Waals surface area contributed by atoms with Crippen molar-refractivity contribution in [2.45, 2.75) is 13.0 Å². The van der Waals surface area contributed by atoms with Crippen LogP contribution in [0.15, 0.2) is 30.6 Å². The predicted molar refractivity (Wildman–Crippen MR) is 99.0 cm³/mol. The molecule has 25 heavy (non-hydrogen) atoms. The summed E-state index contributed by atoms with van der Waals surface area (Å²) in [6, 6.07) is 8.36. The van der Waals surface area contributed by atoms with E-state index in [1.165, 1.54) is 5.56 Å². The number of rotatable bonds is 6. The molecule has 0 radical (unpaired) electrons. The summed E-state index contributed by atoms with van der Waals surface area (Å²) in [5.41, 5.74) is 2.97. The second-order valence-electron chi connectivity index (χ2n) is 6.26. The Bertz CT molecular complexity index is 856. The van der Waals surface area contributed by atoms with Gasteiger partial charge in [0.1, 0.15) is 17.9 Å². The molecular weight excluding hydrogens is 316 g/mol. The maximum atomic E-state index is 5.25. The van der Waals surface area contributed by atoms with E-state index in [0.29, 0.717) is 0 Å². The van der Waals surface area contributed by atoms with Crippen LogP contribution in [-0.4, -0.2) is 52.4 Å². The molecule has 1 N–H and O–H groups in total. The van der Waals surface area contributed by atoms with Gasteiger partial charge in [-0.15, -0.1) is 0 Å². The first kappa shape index (κ1) is 17.2. The first-order valence-electron chi connectivity index (χ1n) is 8.19. The zero-order valence-corrected chi connectivity index (χ0v) is 15.3. The monoisotopic (exact) mass is 340 g/mol. The molecule has 0 saturated carbocycles. The molecule has 0 saturated heterocycles. The lowest BCUT2D eigenvalue weighted by atomic mass is 10.1. The van der Waals surface area contributed by atoms with Gasteiger partial charge in [0.15, 0.2) is 5.65 Å². The van der Waals surface area contributed by atoms with Crippen LogP contribution in [0.3, 0.4) is 0 Å². The summed E-state index contributed by atoms with van der Waals surface area (Å²) in [5, 5.41) is 8.88. The quantitative estimate of drug-likeness (QED) is 0.743. The fourth-order valence-corrected chi connectivity index (χ4v) is 3.03. The van der Waals surface area contributed by atoms with E-state index in [-0.39, 0.29) is 6.04 Å². The number of hydrogen-bond acceptors (Lipinski definition) is 6. The number of fused-ring (bicyclic) bond motifs is 1. The lowest BCUT2D eigenvalue weighted by molar-refractivity contribution is 0.311. The number of aryl methyl sites for hydroxylation is 2. The van der Waals surface area contributed by atoms with Gasteiger partial charge in [-0.2, -0.15) is 5.10 Å². The van der Waals surface area contributed by atoms with Crippen molar-refractivity contribution in [1.29, 1.82) is 0 Å². The predicted octanol–water partition coefficient (Wildman–Crippen LogP) is 2.40. The SMILES string of the molecule is COc1ccc(C(CNc2ncnc3c2c(C)nn3C)N(C)C)cc1. The number of nitrogens with zero attached hydrogens (tertiary/aromatic N) is 5. The van der Waals surface area contributed by atoms with Crippen LogP contribution in [0.5, 0.6) is 5.75 Å². The van der Waals surface area contributed by atoms with E-state index >= 15 is 0 Å². The van der Waals surface area contributed by atoms with Crippen LogP contribution in [0.4, 0.5) is 5.82 Å². The standard InChI is InChI=1S/C18H24N6O/c1-12-16-17(20-11-21-18(16)24(4)22-12)19-10-15(23(2)3)13-6-8-14(25-5)9-7-13/h6-9,11,15H,10H2,1-5H3,(H,19,20,21). The summed E-state index contributed by atoms with van der Waals surface area (Å²) in [6.07, 6.45) is 1.57.